The van der Waals surface area contributed by atoms with Gasteiger partial charge in [-0.2, -0.15) is 0 Å². The number of fused-ring (bicyclic) bond motifs is 1. The van der Waals surface area contributed by atoms with Crippen molar-refractivity contribution in [2.45, 2.75) is 0 Å². The monoisotopic (exact) mass is 462 g/mol. The molecular formula is C29H26N4O2. The summed E-state index contributed by atoms with van der Waals surface area (Å²) in [5, 5.41) is 5.64. The Morgan fingerprint density at radius 3 is 2.26 bits per heavy atom. The number of carbonyl (C=O) groups excluding carboxylic acids is 2. The highest BCUT2D eigenvalue weighted by Gasteiger charge is 2.27. The maximum absolute atomic E-state index is 12.7. The van der Waals surface area contributed by atoms with Crippen molar-refractivity contribution in [3.8, 4) is 11.8 Å². The van der Waals surface area contributed by atoms with E-state index < -0.39 is 11.8 Å². The first kappa shape index (κ1) is 22.5. The average molecular weight is 463 g/mol. The predicted octanol–water partition coefficient (Wildman–Crippen LogP) is 3.56. The Morgan fingerprint density at radius 2 is 1.51 bits per heavy atom. The third-order valence-corrected chi connectivity index (χ3v) is 6.27. The van der Waals surface area contributed by atoms with Gasteiger partial charge in [0.15, 0.2) is 0 Å². The van der Waals surface area contributed by atoms with E-state index in [1.54, 1.807) is 24.4 Å². The molecule has 0 aromatic heterocycles. The Labute approximate surface area is 205 Å². The molecule has 0 aliphatic carbocycles. The lowest BCUT2D eigenvalue weighted by Crippen LogP contribution is -2.44. The van der Waals surface area contributed by atoms with Gasteiger partial charge in [-0.1, -0.05) is 30.0 Å². The molecule has 6 heteroatoms. The fourth-order valence-corrected chi connectivity index (χ4v) is 4.20. The molecule has 0 spiro atoms. The number of hydrogen-bond acceptors (Lipinski definition) is 5. The van der Waals surface area contributed by atoms with Crippen molar-refractivity contribution < 1.29 is 9.59 Å². The van der Waals surface area contributed by atoms with Crippen LogP contribution < -0.4 is 15.5 Å². The minimum Gasteiger partial charge on any atom is -0.369 e. The fraction of sp³-hybridized carbons (Fsp3) is 0.172. The molecule has 0 atom stereocenters. The number of amides is 2. The van der Waals surface area contributed by atoms with E-state index in [9.17, 15) is 9.59 Å². The molecule has 6 nitrogen and oxygen atoms in total. The third-order valence-electron chi connectivity index (χ3n) is 6.27. The van der Waals surface area contributed by atoms with Crippen LogP contribution >= 0.6 is 0 Å². The van der Waals surface area contributed by atoms with Crippen molar-refractivity contribution >= 4 is 28.8 Å². The van der Waals surface area contributed by atoms with E-state index >= 15 is 0 Å². The first-order valence-electron chi connectivity index (χ1n) is 11.6. The minimum absolute atomic E-state index is 0.395. The van der Waals surface area contributed by atoms with E-state index in [4.69, 9.17) is 0 Å². The van der Waals surface area contributed by atoms with Crippen molar-refractivity contribution in [2.24, 2.45) is 0 Å². The molecule has 35 heavy (non-hydrogen) atoms. The first-order valence-corrected chi connectivity index (χ1v) is 11.6. The van der Waals surface area contributed by atoms with Gasteiger partial charge in [-0.05, 0) is 61.6 Å². The molecule has 174 valence electrons. The molecule has 2 N–H and O–H groups in total. The highest BCUT2D eigenvalue weighted by Crippen LogP contribution is 2.26. The number of carbonyl (C=O) groups is 2. The Hall–Kier alpha value is -4.34. The van der Waals surface area contributed by atoms with Gasteiger partial charge in [0.2, 0.25) is 0 Å². The number of likely N-dealkylation sites (N-methyl/N-ethyl adjacent to an activating group) is 1. The number of piperazine rings is 1. The molecule has 0 bridgehead atoms. The molecule has 2 aliphatic rings. The van der Waals surface area contributed by atoms with E-state index in [2.05, 4.69) is 51.5 Å². The summed E-state index contributed by atoms with van der Waals surface area (Å²) in [4.78, 5) is 29.8. The lowest BCUT2D eigenvalue weighted by Gasteiger charge is -2.34. The third kappa shape index (κ3) is 5.11. The van der Waals surface area contributed by atoms with E-state index in [0.29, 0.717) is 16.7 Å². The number of benzene rings is 3. The Morgan fingerprint density at radius 1 is 0.800 bits per heavy atom. The molecular weight excluding hydrogens is 436 g/mol. The second kappa shape index (κ2) is 9.88. The highest BCUT2D eigenvalue weighted by atomic mass is 16.2. The van der Waals surface area contributed by atoms with Crippen LogP contribution in [0.2, 0.25) is 0 Å². The maximum Gasteiger partial charge on any atom is 0.260 e. The topological polar surface area (TPSA) is 64.7 Å². The molecule has 0 radical (unpaired) electrons. The van der Waals surface area contributed by atoms with Gasteiger partial charge < -0.3 is 15.1 Å². The number of anilines is 2. The van der Waals surface area contributed by atoms with Gasteiger partial charge in [-0.3, -0.25) is 14.9 Å². The van der Waals surface area contributed by atoms with E-state index in [0.717, 1.165) is 43.0 Å². The number of nitrogens with zero attached hydrogens (tertiary/aromatic N) is 2. The molecule has 3 aromatic rings. The number of imide groups is 1. The van der Waals surface area contributed by atoms with Crippen LogP contribution in [0.3, 0.4) is 0 Å². The van der Waals surface area contributed by atoms with Crippen molar-refractivity contribution in [1.82, 2.24) is 10.2 Å². The quantitative estimate of drug-likeness (QED) is 0.354. The second-order valence-corrected chi connectivity index (χ2v) is 8.70. The molecule has 1 saturated heterocycles. The van der Waals surface area contributed by atoms with Crippen molar-refractivity contribution in [3.05, 3.63) is 101 Å². The number of rotatable bonds is 3. The Bertz CT molecular complexity index is 1340. The maximum atomic E-state index is 12.7. The average Bonchev–Trinajstić information content (AvgIpc) is 2.89. The van der Waals surface area contributed by atoms with Crippen molar-refractivity contribution in [1.29, 1.82) is 0 Å². The zero-order valence-electron chi connectivity index (χ0n) is 19.5. The van der Waals surface area contributed by atoms with E-state index in [-0.39, 0.29) is 0 Å². The Kier molecular flexibility index (Phi) is 6.34. The SMILES string of the molecule is CN1CCN(c2ccc(NC=C3C(=O)NC(=O)c4ccc(C#Cc5ccccc5)cc43)cc2)CC1. The van der Waals surface area contributed by atoms with Gasteiger partial charge in [0.05, 0.1) is 5.57 Å². The molecule has 2 amide bonds. The van der Waals surface area contributed by atoms with Crippen molar-refractivity contribution in [2.75, 3.05) is 43.4 Å². The van der Waals surface area contributed by atoms with Crippen LogP contribution in [-0.4, -0.2) is 49.9 Å². The van der Waals surface area contributed by atoms with Crippen LogP contribution in [0.15, 0.2) is 79.0 Å². The summed E-state index contributed by atoms with van der Waals surface area (Å²) < 4.78 is 0. The molecule has 3 aromatic carbocycles. The van der Waals surface area contributed by atoms with Crippen LogP contribution in [0.4, 0.5) is 11.4 Å². The molecule has 5 rings (SSSR count). The first-order chi connectivity index (χ1) is 17.1. The van der Waals surface area contributed by atoms with Crippen LogP contribution in [0.1, 0.15) is 27.0 Å². The van der Waals surface area contributed by atoms with E-state index in [1.165, 1.54) is 5.69 Å². The van der Waals surface area contributed by atoms with E-state index in [1.807, 2.05) is 42.5 Å². The van der Waals surface area contributed by atoms with Crippen molar-refractivity contribution in [3.63, 3.8) is 0 Å². The Balaban J connectivity index is 1.37. The number of hydrogen-bond donors (Lipinski definition) is 2. The second-order valence-electron chi connectivity index (χ2n) is 8.70. The number of nitrogens with one attached hydrogen (secondary N) is 2. The minimum atomic E-state index is -0.433. The van der Waals surface area contributed by atoms with Gasteiger partial charge in [-0.15, -0.1) is 0 Å². The summed E-state index contributed by atoms with van der Waals surface area (Å²) in [6, 6.07) is 23.2. The molecule has 0 saturated carbocycles. The van der Waals surface area contributed by atoms with Gasteiger partial charge in [0.1, 0.15) is 0 Å². The lowest BCUT2D eigenvalue weighted by atomic mass is 9.93. The summed E-state index contributed by atoms with van der Waals surface area (Å²) in [5.74, 6) is 5.41. The molecule has 2 heterocycles. The lowest BCUT2D eigenvalue weighted by molar-refractivity contribution is -0.114. The standard InChI is InChI=1S/C29H26N4O2/c1-32-15-17-33(18-16-32)24-12-10-23(11-13-24)30-20-27-26-19-22(8-7-21-5-3-2-4-6-21)9-14-25(26)28(34)31-29(27)35/h2-6,9-14,19-20,30H,15-18H2,1H3,(H,31,34,35). The fourth-order valence-electron chi connectivity index (χ4n) is 4.20. The van der Waals surface area contributed by atoms with Crippen LogP contribution in [0.25, 0.3) is 5.57 Å². The molecule has 0 unspecified atom stereocenters. The summed E-state index contributed by atoms with van der Waals surface area (Å²) >= 11 is 0. The zero-order valence-corrected chi connectivity index (χ0v) is 19.5. The molecule has 1 fully saturated rings. The van der Waals surface area contributed by atoms with Crippen LogP contribution in [0, 0.1) is 11.8 Å². The highest BCUT2D eigenvalue weighted by molar-refractivity contribution is 6.31. The van der Waals surface area contributed by atoms with Gasteiger partial charge in [-0.25, -0.2) is 0 Å². The molecule has 2 aliphatic heterocycles. The van der Waals surface area contributed by atoms with Crippen LogP contribution in [0.5, 0.6) is 0 Å². The summed E-state index contributed by atoms with van der Waals surface area (Å²) in [7, 11) is 2.14. The van der Waals surface area contributed by atoms with Gasteiger partial charge >= 0.3 is 0 Å². The predicted molar refractivity (Wildman–Crippen MR) is 139 cm³/mol. The normalized spacial score (nSPS) is 16.8. The zero-order chi connectivity index (χ0) is 24.2. The largest absolute Gasteiger partial charge is 0.369 e. The summed E-state index contributed by atoms with van der Waals surface area (Å²) in [6.45, 7) is 4.12. The van der Waals surface area contributed by atoms with Crippen LogP contribution in [-0.2, 0) is 4.79 Å². The summed E-state index contributed by atoms with van der Waals surface area (Å²) in [6.07, 6.45) is 1.65. The van der Waals surface area contributed by atoms with Gasteiger partial charge in [0.25, 0.3) is 11.8 Å². The summed E-state index contributed by atoms with van der Waals surface area (Å²) in [5.41, 5.74) is 5.10. The smallest absolute Gasteiger partial charge is 0.260 e. The van der Waals surface area contributed by atoms with Gasteiger partial charge in [0, 0.05) is 66.0 Å².